The molecule has 0 bridgehead atoms. The van der Waals surface area contributed by atoms with Crippen LogP contribution in [0, 0.1) is 0 Å². The van der Waals surface area contributed by atoms with E-state index in [1.54, 1.807) is 0 Å². The van der Waals surface area contributed by atoms with Gasteiger partial charge in [-0.15, -0.1) is 0 Å². The predicted molar refractivity (Wildman–Crippen MR) is 68.9 cm³/mol. The topological polar surface area (TPSA) is 118 Å². The Morgan fingerprint density at radius 1 is 1.19 bits per heavy atom. The van der Waals surface area contributed by atoms with Gasteiger partial charge in [0.25, 0.3) is 0 Å². The molecule has 1 atom stereocenters. The first kappa shape index (κ1) is 25.8. The Bertz CT molecular complexity index is 133. The minimum Gasteiger partial charge on any atom is -0.791 e. The summed E-state index contributed by atoms with van der Waals surface area (Å²) in [6.45, 7) is 1.27. The fraction of sp³-hybridized carbons (Fsp3) is 0.857. The van der Waals surface area contributed by atoms with E-state index in [0.717, 1.165) is 0 Å². The van der Waals surface area contributed by atoms with Crippen molar-refractivity contribution in [2.24, 2.45) is 17.2 Å². The molecule has 0 aliphatic heterocycles. The number of carbonyl (C=O) groups is 1. The molecule has 0 spiro atoms. The summed E-state index contributed by atoms with van der Waals surface area (Å²) in [6.07, 6.45) is 0. The van der Waals surface area contributed by atoms with Gasteiger partial charge >= 0.3 is 20.9 Å². The summed E-state index contributed by atoms with van der Waals surface area (Å²) in [6, 6.07) is -0.977. The maximum atomic E-state index is 9.63. The van der Waals surface area contributed by atoms with Crippen molar-refractivity contribution in [3.8, 4) is 0 Å². The second-order valence-corrected chi connectivity index (χ2v) is 3.23. The molecule has 0 rings (SSSR count). The number of nitrogens with two attached hydrogens (primary N) is 3. The molecular formula is C7H18N3O2RhS3. The van der Waals surface area contributed by atoms with Crippen LogP contribution >= 0.6 is 0 Å². The number of carboxylic acids is 1. The SMILES string of the molecule is NCC[S-].NCC[S-].N[C@@H](C[S-])C(=O)[O-].[H+].[Rh+3]. The van der Waals surface area contributed by atoms with Crippen LogP contribution in [-0.4, -0.2) is 42.4 Å². The molecule has 0 fully saturated rings. The van der Waals surface area contributed by atoms with Gasteiger partial charge in [0, 0.05) is 6.04 Å². The Morgan fingerprint density at radius 3 is 1.44 bits per heavy atom. The zero-order chi connectivity index (χ0) is 12.7. The third-order valence-corrected chi connectivity index (χ3v) is 1.55. The van der Waals surface area contributed by atoms with Crippen LogP contribution in [0.25, 0.3) is 0 Å². The zero-order valence-electron chi connectivity index (χ0n) is 9.72. The van der Waals surface area contributed by atoms with Crippen LogP contribution in [0.1, 0.15) is 1.43 Å². The van der Waals surface area contributed by atoms with Crippen molar-refractivity contribution < 1.29 is 30.8 Å². The Balaban J connectivity index is -0.0000000425. The molecule has 0 heterocycles. The van der Waals surface area contributed by atoms with Crippen LogP contribution < -0.4 is 22.3 Å². The maximum absolute atomic E-state index is 9.63. The molecule has 0 aromatic heterocycles. The van der Waals surface area contributed by atoms with Gasteiger partial charge in [0.15, 0.2) is 0 Å². The Kier molecular flexibility index (Phi) is 40.3. The normalized spacial score (nSPS) is 9.62. The third kappa shape index (κ3) is 36.3. The van der Waals surface area contributed by atoms with Crippen LogP contribution in [0.4, 0.5) is 0 Å². The van der Waals surface area contributed by atoms with Crippen molar-refractivity contribution in [1.29, 1.82) is 0 Å². The number of rotatable bonds is 4. The van der Waals surface area contributed by atoms with E-state index in [9.17, 15) is 9.90 Å². The molecule has 0 radical (unpaired) electrons. The summed E-state index contributed by atoms with van der Waals surface area (Å²) >= 11 is 13.2. The zero-order valence-corrected chi connectivity index (χ0v) is 12.8. The molecule has 0 aliphatic rings. The Hall–Kier alpha value is 1.02. The summed E-state index contributed by atoms with van der Waals surface area (Å²) in [5, 5.41) is 9.63. The van der Waals surface area contributed by atoms with Crippen LogP contribution in [0.2, 0.25) is 0 Å². The minimum atomic E-state index is -1.28. The second-order valence-electron chi connectivity index (χ2n) is 2.08. The van der Waals surface area contributed by atoms with Crippen molar-refractivity contribution in [2.75, 3.05) is 30.3 Å². The van der Waals surface area contributed by atoms with Crippen LogP contribution in [0.15, 0.2) is 0 Å². The Morgan fingerprint density at radius 2 is 1.44 bits per heavy atom. The van der Waals surface area contributed by atoms with Crippen molar-refractivity contribution in [1.82, 2.24) is 0 Å². The summed E-state index contributed by atoms with van der Waals surface area (Å²) in [4.78, 5) is 9.63. The smallest absolute Gasteiger partial charge is 0.791 e. The van der Waals surface area contributed by atoms with E-state index in [2.05, 4.69) is 37.9 Å². The van der Waals surface area contributed by atoms with Gasteiger partial charge in [-0.3, -0.25) is 0 Å². The molecule has 9 heteroatoms. The van der Waals surface area contributed by atoms with Gasteiger partial charge in [-0.2, -0.15) is 17.3 Å². The summed E-state index contributed by atoms with van der Waals surface area (Å²) in [7, 11) is 0. The first-order valence-corrected chi connectivity index (χ1v) is 5.85. The number of hydrogen-bond donors (Lipinski definition) is 3. The molecule has 16 heavy (non-hydrogen) atoms. The molecule has 0 aromatic rings. The fourth-order valence-corrected chi connectivity index (χ4v) is 0.204. The van der Waals surface area contributed by atoms with E-state index in [0.29, 0.717) is 24.6 Å². The van der Waals surface area contributed by atoms with Crippen LogP contribution in [-0.2, 0) is 62.2 Å². The van der Waals surface area contributed by atoms with E-state index < -0.39 is 12.0 Å². The molecule has 6 N–H and O–H groups in total. The molecule has 0 saturated heterocycles. The van der Waals surface area contributed by atoms with E-state index in [4.69, 9.17) is 17.2 Å². The standard InChI is InChI=1S/C3H7NO2S.2C2H7NS.Rh/c4-2(1-7)3(5)6;2*3-1-2-4;/h2,7H,1,4H2,(H,5,6);2*4H,1-3H2;/q;;;+3/p-3/t2-;;;/m0.../s1. The fourth-order valence-electron chi connectivity index (χ4n) is 0.0680. The van der Waals surface area contributed by atoms with E-state index in [-0.39, 0.29) is 26.7 Å². The van der Waals surface area contributed by atoms with Crippen LogP contribution in [0.3, 0.4) is 0 Å². The van der Waals surface area contributed by atoms with Gasteiger partial charge in [-0.25, -0.2) is 0 Å². The van der Waals surface area contributed by atoms with Crippen molar-refractivity contribution in [2.45, 2.75) is 6.04 Å². The maximum Gasteiger partial charge on any atom is 3.00 e. The molecule has 0 saturated carbocycles. The van der Waals surface area contributed by atoms with Crippen molar-refractivity contribution in [3.05, 3.63) is 0 Å². The Labute approximate surface area is 128 Å². The molecule has 0 unspecified atom stereocenters. The van der Waals surface area contributed by atoms with Crippen LogP contribution in [0.5, 0.6) is 0 Å². The van der Waals surface area contributed by atoms with E-state index in [1.165, 1.54) is 0 Å². The van der Waals surface area contributed by atoms with Gasteiger partial charge < -0.3 is 65.0 Å². The first-order valence-electron chi connectivity index (χ1n) is 4.12. The molecule has 0 aromatic carbocycles. The summed E-state index contributed by atoms with van der Waals surface area (Å²) < 4.78 is 0. The quantitative estimate of drug-likeness (QED) is 0.346. The molecule has 0 aliphatic carbocycles. The van der Waals surface area contributed by atoms with Gasteiger partial charge in [0.1, 0.15) is 0 Å². The molecule has 5 nitrogen and oxygen atoms in total. The average molecular weight is 375 g/mol. The summed E-state index contributed by atoms with van der Waals surface area (Å²) in [5.74, 6) is 0.0949. The van der Waals surface area contributed by atoms with Gasteiger partial charge in [0.05, 0.1) is 5.97 Å². The number of carbonyl (C=O) groups excluding carboxylic acids is 1. The summed E-state index contributed by atoms with van der Waals surface area (Å²) in [5.41, 5.74) is 14.7. The molecular weight excluding hydrogens is 357 g/mol. The van der Waals surface area contributed by atoms with Gasteiger partial charge in [-0.05, 0) is 13.1 Å². The number of aliphatic carboxylic acids is 1. The van der Waals surface area contributed by atoms with Gasteiger partial charge in [0.2, 0.25) is 0 Å². The number of carboxylic acid groups (broad SMARTS) is 1. The van der Waals surface area contributed by atoms with Gasteiger partial charge in [-0.1, -0.05) is 0 Å². The van der Waals surface area contributed by atoms with Crippen molar-refractivity contribution >= 4 is 43.9 Å². The minimum absolute atomic E-state index is 0. The third-order valence-electron chi connectivity index (χ3n) is 0.718. The second kappa shape index (κ2) is 25.0. The molecule has 0 amide bonds. The predicted octanol–water partition coefficient (Wildman–Crippen LogP) is -3.30. The molecule has 100 valence electrons. The van der Waals surface area contributed by atoms with E-state index in [1.807, 2.05) is 0 Å². The van der Waals surface area contributed by atoms with E-state index >= 15 is 0 Å². The largest absolute Gasteiger partial charge is 3.00 e. The monoisotopic (exact) mass is 375 g/mol. The van der Waals surface area contributed by atoms with Crippen molar-refractivity contribution in [3.63, 3.8) is 0 Å². The average Bonchev–Trinajstić information content (AvgIpc) is 2.28. The number of hydrogen-bond acceptors (Lipinski definition) is 8. The first-order chi connectivity index (χ1) is 7.01.